The van der Waals surface area contributed by atoms with E-state index in [1.165, 1.54) is 6.20 Å². The molecule has 118 valence electrons. The minimum absolute atomic E-state index is 0. The first-order valence-corrected chi connectivity index (χ1v) is 6.19. The molecule has 0 bridgehead atoms. The number of aliphatic carboxylic acids is 1. The molecule has 1 saturated heterocycles. The normalized spacial score (nSPS) is 18.1. The second kappa shape index (κ2) is 9.55. The maximum atomic E-state index is 12.9. The number of piperidine rings is 1. The molecule has 1 fully saturated rings. The lowest BCUT2D eigenvalue weighted by atomic mass is 10.1. The van der Waals surface area contributed by atoms with Crippen molar-refractivity contribution in [3.8, 4) is 0 Å². The Bertz CT molecular complexity index is 477. The Labute approximate surface area is 134 Å². The van der Waals surface area contributed by atoms with E-state index in [-0.39, 0.29) is 24.8 Å². The smallest absolute Gasteiger partial charge is 0.364 e. The van der Waals surface area contributed by atoms with Gasteiger partial charge in [-0.2, -0.15) is 4.39 Å². The highest BCUT2D eigenvalue weighted by atomic mass is 35.5. The van der Waals surface area contributed by atoms with Crippen molar-refractivity contribution in [1.29, 1.82) is 0 Å². The maximum absolute atomic E-state index is 12.9. The summed E-state index contributed by atoms with van der Waals surface area (Å²) >= 11 is 0. The number of hydrogen-bond donors (Lipinski definition) is 3. The SMILES string of the molecule is Cl.Cl.O=C(O)C(F)=Cc1ccc(N[C@@H]2CCCNC2)nc1. The van der Waals surface area contributed by atoms with E-state index < -0.39 is 11.8 Å². The fourth-order valence-electron chi connectivity index (χ4n) is 1.97. The van der Waals surface area contributed by atoms with E-state index in [1.807, 2.05) is 0 Å². The lowest BCUT2D eigenvalue weighted by Gasteiger charge is -2.24. The van der Waals surface area contributed by atoms with Gasteiger partial charge in [-0.1, -0.05) is 0 Å². The number of rotatable bonds is 4. The average molecular weight is 338 g/mol. The van der Waals surface area contributed by atoms with Crippen LogP contribution >= 0.6 is 24.8 Å². The summed E-state index contributed by atoms with van der Waals surface area (Å²) in [5.41, 5.74) is 0.423. The van der Waals surface area contributed by atoms with Crippen molar-refractivity contribution in [3.63, 3.8) is 0 Å². The van der Waals surface area contributed by atoms with E-state index >= 15 is 0 Å². The third-order valence-electron chi connectivity index (χ3n) is 2.93. The van der Waals surface area contributed by atoms with Crippen LogP contribution in [0.1, 0.15) is 18.4 Å². The van der Waals surface area contributed by atoms with Crippen molar-refractivity contribution < 1.29 is 14.3 Å². The maximum Gasteiger partial charge on any atom is 0.364 e. The van der Waals surface area contributed by atoms with Gasteiger partial charge < -0.3 is 15.7 Å². The molecular formula is C13H18Cl2FN3O2. The monoisotopic (exact) mass is 337 g/mol. The zero-order valence-electron chi connectivity index (χ0n) is 11.2. The van der Waals surface area contributed by atoms with Crippen LogP contribution in [0.15, 0.2) is 24.2 Å². The van der Waals surface area contributed by atoms with Gasteiger partial charge in [0.1, 0.15) is 5.82 Å². The Kier molecular flexibility index (Phi) is 8.92. The van der Waals surface area contributed by atoms with Crippen LogP contribution in [-0.4, -0.2) is 35.2 Å². The van der Waals surface area contributed by atoms with Crippen LogP contribution in [0.25, 0.3) is 6.08 Å². The molecule has 2 heterocycles. The van der Waals surface area contributed by atoms with Crippen molar-refractivity contribution in [3.05, 3.63) is 29.7 Å². The summed E-state index contributed by atoms with van der Waals surface area (Å²) in [5, 5.41) is 15.0. The summed E-state index contributed by atoms with van der Waals surface area (Å²) in [7, 11) is 0. The number of carbonyl (C=O) groups is 1. The standard InChI is InChI=1S/C13H16FN3O2.2ClH/c14-11(13(18)19)6-9-3-4-12(16-7-9)17-10-2-1-5-15-8-10;;/h3-4,6-7,10,15H,1-2,5,8H2,(H,16,17)(H,18,19);2*1H/t10-;;/m1../s1. The highest BCUT2D eigenvalue weighted by molar-refractivity contribution is 5.89. The molecule has 0 unspecified atom stereocenters. The highest BCUT2D eigenvalue weighted by Gasteiger charge is 2.12. The topological polar surface area (TPSA) is 74.2 Å². The van der Waals surface area contributed by atoms with Crippen LogP contribution in [0.2, 0.25) is 0 Å². The Hall–Kier alpha value is -1.37. The molecule has 0 amide bonds. The van der Waals surface area contributed by atoms with Crippen molar-refractivity contribution >= 4 is 42.7 Å². The van der Waals surface area contributed by atoms with E-state index in [4.69, 9.17) is 5.11 Å². The van der Waals surface area contributed by atoms with Crippen molar-refractivity contribution in [2.24, 2.45) is 0 Å². The molecule has 1 aromatic heterocycles. The van der Waals surface area contributed by atoms with E-state index in [0.717, 1.165) is 32.0 Å². The van der Waals surface area contributed by atoms with Gasteiger partial charge in [-0.05, 0) is 43.2 Å². The summed E-state index contributed by atoms with van der Waals surface area (Å²) in [5.74, 6) is -2.06. The van der Waals surface area contributed by atoms with Crippen LogP contribution < -0.4 is 10.6 Å². The molecule has 0 aliphatic carbocycles. The van der Waals surface area contributed by atoms with E-state index in [2.05, 4.69) is 15.6 Å². The average Bonchev–Trinajstić information content (AvgIpc) is 2.42. The first-order chi connectivity index (χ1) is 9.15. The van der Waals surface area contributed by atoms with Gasteiger partial charge in [0.2, 0.25) is 5.83 Å². The second-order valence-electron chi connectivity index (χ2n) is 4.46. The van der Waals surface area contributed by atoms with Gasteiger partial charge in [-0.15, -0.1) is 24.8 Å². The van der Waals surface area contributed by atoms with Crippen LogP contribution in [-0.2, 0) is 4.79 Å². The molecule has 8 heteroatoms. The number of carboxylic acids is 1. The molecule has 5 nitrogen and oxygen atoms in total. The second-order valence-corrected chi connectivity index (χ2v) is 4.46. The molecule has 1 aromatic rings. The quantitative estimate of drug-likeness (QED) is 0.736. The Morgan fingerprint density at radius 1 is 1.48 bits per heavy atom. The molecule has 21 heavy (non-hydrogen) atoms. The number of pyridine rings is 1. The van der Waals surface area contributed by atoms with Gasteiger partial charge in [0.25, 0.3) is 0 Å². The van der Waals surface area contributed by atoms with Gasteiger partial charge in [-0.3, -0.25) is 0 Å². The molecule has 1 aliphatic rings. The van der Waals surface area contributed by atoms with Gasteiger partial charge in [0, 0.05) is 18.8 Å². The Morgan fingerprint density at radius 2 is 2.24 bits per heavy atom. The summed E-state index contributed by atoms with van der Waals surface area (Å²) in [4.78, 5) is 14.5. The van der Waals surface area contributed by atoms with Gasteiger partial charge in [-0.25, -0.2) is 9.78 Å². The largest absolute Gasteiger partial charge is 0.476 e. The van der Waals surface area contributed by atoms with Crippen LogP contribution in [0, 0.1) is 0 Å². The summed E-state index contributed by atoms with van der Waals surface area (Å²) < 4.78 is 12.9. The first-order valence-electron chi connectivity index (χ1n) is 6.19. The van der Waals surface area contributed by atoms with Crippen molar-refractivity contribution in [1.82, 2.24) is 10.3 Å². The molecule has 0 saturated carbocycles. The number of hydrogen-bond acceptors (Lipinski definition) is 4. The van der Waals surface area contributed by atoms with E-state index in [9.17, 15) is 9.18 Å². The van der Waals surface area contributed by atoms with Gasteiger partial charge in [0.15, 0.2) is 0 Å². The Balaban J connectivity index is 0.00000200. The first kappa shape index (κ1) is 19.6. The number of nitrogens with one attached hydrogen (secondary N) is 2. The third kappa shape index (κ3) is 6.29. The number of anilines is 1. The Morgan fingerprint density at radius 3 is 2.76 bits per heavy atom. The summed E-state index contributed by atoms with van der Waals surface area (Å²) in [6.45, 7) is 1.95. The van der Waals surface area contributed by atoms with Gasteiger partial charge >= 0.3 is 5.97 Å². The van der Waals surface area contributed by atoms with E-state index in [1.54, 1.807) is 12.1 Å². The molecule has 1 atom stereocenters. The summed E-state index contributed by atoms with van der Waals surface area (Å²) in [6, 6.07) is 3.70. The van der Waals surface area contributed by atoms with Crippen LogP contribution in [0.4, 0.5) is 10.2 Å². The molecule has 3 N–H and O–H groups in total. The van der Waals surface area contributed by atoms with E-state index in [0.29, 0.717) is 17.4 Å². The predicted molar refractivity (Wildman–Crippen MR) is 85.0 cm³/mol. The van der Waals surface area contributed by atoms with Crippen LogP contribution in [0.3, 0.4) is 0 Å². The number of aromatic nitrogens is 1. The van der Waals surface area contributed by atoms with Gasteiger partial charge in [0.05, 0.1) is 0 Å². The van der Waals surface area contributed by atoms with Crippen molar-refractivity contribution in [2.45, 2.75) is 18.9 Å². The minimum atomic E-state index is -1.57. The van der Waals surface area contributed by atoms with Crippen LogP contribution in [0.5, 0.6) is 0 Å². The predicted octanol–water partition coefficient (Wildman–Crippen LogP) is 2.48. The fraction of sp³-hybridized carbons (Fsp3) is 0.385. The number of nitrogens with zero attached hydrogens (tertiary/aromatic N) is 1. The fourth-order valence-corrected chi connectivity index (χ4v) is 1.97. The molecule has 0 aromatic carbocycles. The zero-order chi connectivity index (χ0) is 13.7. The molecular weight excluding hydrogens is 320 g/mol. The number of halogens is 3. The third-order valence-corrected chi connectivity index (χ3v) is 2.93. The molecule has 2 rings (SSSR count). The number of carboxylic acid groups (broad SMARTS) is 1. The lowest BCUT2D eigenvalue weighted by molar-refractivity contribution is -0.134. The molecule has 1 aliphatic heterocycles. The summed E-state index contributed by atoms with van der Waals surface area (Å²) in [6.07, 6.45) is 4.61. The highest BCUT2D eigenvalue weighted by Crippen LogP contribution is 2.13. The minimum Gasteiger partial charge on any atom is -0.476 e. The molecule has 0 radical (unpaired) electrons. The zero-order valence-corrected chi connectivity index (χ0v) is 12.8. The molecule has 0 spiro atoms. The van der Waals surface area contributed by atoms with Crippen molar-refractivity contribution in [2.75, 3.05) is 18.4 Å². The lowest BCUT2D eigenvalue weighted by Crippen LogP contribution is -2.38.